The zero-order valence-corrected chi connectivity index (χ0v) is 29.2. The van der Waals surface area contributed by atoms with E-state index in [1.54, 1.807) is 0 Å². The van der Waals surface area contributed by atoms with Crippen LogP contribution in [0, 0.1) is 0 Å². The summed E-state index contributed by atoms with van der Waals surface area (Å²) < 4.78 is 32.1. The van der Waals surface area contributed by atoms with E-state index >= 15 is 0 Å². The molecule has 0 spiro atoms. The standard InChI is InChI=1S/C34H65O10P/c1-3-5-7-9-10-11-12-13-14-15-16-17-18-19-20-21-22-24-26-34(38)44-32(28-36)30-42-45(39,40)41-29-31(27-35)43-33(37)25-23-8-6-4-2/h14-15,31-32,35-36H,3-13,16-30H2,1-2H3,(H,39,40)/b15-14-. The Labute approximate surface area is 273 Å². The van der Waals surface area contributed by atoms with Gasteiger partial charge in [0.1, 0.15) is 12.2 Å². The number of phosphoric acid groups is 1. The van der Waals surface area contributed by atoms with Gasteiger partial charge in [0.2, 0.25) is 0 Å². The van der Waals surface area contributed by atoms with E-state index in [2.05, 4.69) is 26.0 Å². The molecule has 0 heterocycles. The molecule has 0 saturated heterocycles. The van der Waals surface area contributed by atoms with Gasteiger partial charge in [-0.1, -0.05) is 116 Å². The number of aliphatic hydroxyl groups excluding tert-OH is 2. The van der Waals surface area contributed by atoms with Crippen molar-refractivity contribution < 1.29 is 47.8 Å². The molecule has 0 aromatic heterocycles. The number of allylic oxidation sites excluding steroid dienone is 2. The largest absolute Gasteiger partial charge is 0.472 e. The molecule has 11 heteroatoms. The van der Waals surface area contributed by atoms with Crippen molar-refractivity contribution in [2.24, 2.45) is 0 Å². The van der Waals surface area contributed by atoms with Crippen LogP contribution in [-0.2, 0) is 32.7 Å². The molecule has 0 aliphatic heterocycles. The summed E-state index contributed by atoms with van der Waals surface area (Å²) in [6, 6.07) is 0. The molecule has 10 nitrogen and oxygen atoms in total. The van der Waals surface area contributed by atoms with Crippen LogP contribution >= 0.6 is 7.82 Å². The van der Waals surface area contributed by atoms with E-state index < -0.39 is 58.4 Å². The van der Waals surface area contributed by atoms with Gasteiger partial charge in [0.05, 0.1) is 26.4 Å². The summed E-state index contributed by atoms with van der Waals surface area (Å²) in [5.74, 6) is -1.04. The number of hydrogen-bond donors (Lipinski definition) is 3. The van der Waals surface area contributed by atoms with Gasteiger partial charge in [-0.3, -0.25) is 18.6 Å². The first-order chi connectivity index (χ1) is 21.8. The van der Waals surface area contributed by atoms with E-state index in [9.17, 15) is 29.3 Å². The first-order valence-electron chi connectivity index (χ1n) is 17.6. The number of carbonyl (C=O) groups is 2. The third-order valence-corrected chi connectivity index (χ3v) is 8.43. The smallest absolute Gasteiger partial charge is 0.457 e. The Bertz CT molecular complexity index is 776. The first-order valence-corrected chi connectivity index (χ1v) is 19.1. The zero-order chi connectivity index (χ0) is 33.4. The molecule has 45 heavy (non-hydrogen) atoms. The second kappa shape index (κ2) is 31.3. The van der Waals surface area contributed by atoms with E-state index in [0.29, 0.717) is 12.8 Å². The fraction of sp³-hybridized carbons (Fsp3) is 0.882. The molecular weight excluding hydrogens is 599 g/mol. The summed E-state index contributed by atoms with van der Waals surface area (Å²) in [7, 11) is -4.61. The molecule has 266 valence electrons. The maximum atomic E-state index is 12.2. The number of aliphatic hydroxyl groups is 2. The highest BCUT2D eigenvalue weighted by molar-refractivity contribution is 7.47. The summed E-state index contributed by atoms with van der Waals surface area (Å²) in [5.41, 5.74) is 0. The first kappa shape index (κ1) is 43.7. The lowest BCUT2D eigenvalue weighted by atomic mass is 10.1. The molecule has 3 unspecified atom stereocenters. The summed E-state index contributed by atoms with van der Waals surface area (Å²) in [5, 5.41) is 18.9. The van der Waals surface area contributed by atoms with E-state index in [1.807, 2.05) is 0 Å². The molecule has 0 aromatic carbocycles. The van der Waals surface area contributed by atoms with E-state index in [-0.39, 0.29) is 12.8 Å². The second-order valence-corrected chi connectivity index (χ2v) is 13.3. The second-order valence-electron chi connectivity index (χ2n) is 11.9. The van der Waals surface area contributed by atoms with Gasteiger partial charge in [-0.2, -0.15) is 0 Å². The van der Waals surface area contributed by atoms with Crippen molar-refractivity contribution >= 4 is 19.8 Å². The Morgan fingerprint density at radius 1 is 0.578 bits per heavy atom. The third-order valence-electron chi connectivity index (χ3n) is 7.48. The predicted octanol–water partition coefficient (Wildman–Crippen LogP) is 8.11. The molecule has 3 N–H and O–H groups in total. The Morgan fingerprint density at radius 3 is 1.29 bits per heavy atom. The van der Waals surface area contributed by atoms with Gasteiger partial charge < -0.3 is 24.6 Å². The molecule has 0 aromatic rings. The molecule has 3 atom stereocenters. The fourth-order valence-electron chi connectivity index (χ4n) is 4.70. The number of esters is 2. The zero-order valence-electron chi connectivity index (χ0n) is 28.3. The number of unbranched alkanes of at least 4 members (excludes halogenated alkanes) is 17. The number of phosphoric ester groups is 1. The van der Waals surface area contributed by atoms with Crippen LogP contribution in [0.15, 0.2) is 12.2 Å². The van der Waals surface area contributed by atoms with Crippen molar-refractivity contribution in [2.75, 3.05) is 26.4 Å². The number of hydrogen-bond acceptors (Lipinski definition) is 9. The molecule has 0 rings (SSSR count). The molecule has 0 aliphatic rings. The normalized spacial score (nSPS) is 14.3. The maximum absolute atomic E-state index is 12.2. The lowest BCUT2D eigenvalue weighted by Crippen LogP contribution is -2.28. The fourth-order valence-corrected chi connectivity index (χ4v) is 5.48. The van der Waals surface area contributed by atoms with Gasteiger partial charge in [-0.25, -0.2) is 4.57 Å². The highest BCUT2D eigenvalue weighted by Crippen LogP contribution is 2.43. The van der Waals surface area contributed by atoms with Crippen LogP contribution in [0.1, 0.15) is 155 Å². The number of carbonyl (C=O) groups excluding carboxylic acids is 2. The van der Waals surface area contributed by atoms with Gasteiger partial charge in [0.15, 0.2) is 0 Å². The topological polar surface area (TPSA) is 149 Å². The number of ether oxygens (including phenoxy) is 2. The van der Waals surface area contributed by atoms with Crippen molar-refractivity contribution in [1.29, 1.82) is 0 Å². The Kier molecular flexibility index (Phi) is 30.4. The quantitative estimate of drug-likeness (QED) is 0.0272. The Balaban J connectivity index is 3.89. The molecule has 0 saturated carbocycles. The molecule has 0 aliphatic carbocycles. The minimum Gasteiger partial charge on any atom is -0.457 e. The predicted molar refractivity (Wildman–Crippen MR) is 178 cm³/mol. The highest BCUT2D eigenvalue weighted by atomic mass is 31.2. The van der Waals surface area contributed by atoms with Crippen LogP contribution in [0.2, 0.25) is 0 Å². The van der Waals surface area contributed by atoms with Crippen LogP contribution in [0.25, 0.3) is 0 Å². The van der Waals surface area contributed by atoms with Gasteiger partial charge in [0.25, 0.3) is 0 Å². The highest BCUT2D eigenvalue weighted by Gasteiger charge is 2.27. The van der Waals surface area contributed by atoms with Crippen LogP contribution in [0.3, 0.4) is 0 Å². The summed E-state index contributed by atoms with van der Waals surface area (Å²) in [4.78, 5) is 33.9. The molecule has 0 amide bonds. The van der Waals surface area contributed by atoms with Crippen molar-refractivity contribution in [3.63, 3.8) is 0 Å². The van der Waals surface area contributed by atoms with Gasteiger partial charge in [-0.05, 0) is 38.5 Å². The van der Waals surface area contributed by atoms with Crippen LogP contribution in [-0.4, -0.2) is 65.7 Å². The van der Waals surface area contributed by atoms with E-state index in [1.165, 1.54) is 70.6 Å². The van der Waals surface area contributed by atoms with Gasteiger partial charge >= 0.3 is 19.8 Å². The minimum atomic E-state index is -4.61. The van der Waals surface area contributed by atoms with Crippen LogP contribution in [0.5, 0.6) is 0 Å². The van der Waals surface area contributed by atoms with E-state index in [0.717, 1.165) is 44.9 Å². The van der Waals surface area contributed by atoms with Crippen molar-refractivity contribution in [2.45, 2.75) is 167 Å². The average molecular weight is 665 g/mol. The van der Waals surface area contributed by atoms with Crippen molar-refractivity contribution in [3.05, 3.63) is 12.2 Å². The monoisotopic (exact) mass is 664 g/mol. The number of rotatable bonds is 33. The summed E-state index contributed by atoms with van der Waals surface area (Å²) >= 11 is 0. The molecule has 0 bridgehead atoms. The lowest BCUT2D eigenvalue weighted by molar-refractivity contribution is -0.153. The minimum absolute atomic E-state index is 0.185. The summed E-state index contributed by atoms with van der Waals surface area (Å²) in [6.45, 7) is 2.03. The Hall–Kier alpha value is -1.29. The maximum Gasteiger partial charge on any atom is 0.472 e. The van der Waals surface area contributed by atoms with Gasteiger partial charge in [0, 0.05) is 12.8 Å². The average Bonchev–Trinajstić information content (AvgIpc) is 3.02. The molecular formula is C34H65O10P. The lowest BCUT2D eigenvalue weighted by Gasteiger charge is -2.20. The van der Waals surface area contributed by atoms with Gasteiger partial charge in [-0.15, -0.1) is 0 Å². The Morgan fingerprint density at radius 2 is 0.911 bits per heavy atom. The van der Waals surface area contributed by atoms with Crippen molar-refractivity contribution in [3.8, 4) is 0 Å². The SMILES string of the molecule is CCCCCCCCC/C=C\CCCCCCCCCC(=O)OC(CO)COP(=O)(O)OCC(CO)OC(=O)CCCCCC. The summed E-state index contributed by atoms with van der Waals surface area (Å²) in [6.07, 6.45) is 25.5. The van der Waals surface area contributed by atoms with Crippen LogP contribution < -0.4 is 0 Å². The third kappa shape index (κ3) is 29.8. The van der Waals surface area contributed by atoms with Crippen molar-refractivity contribution in [1.82, 2.24) is 0 Å². The van der Waals surface area contributed by atoms with E-state index in [4.69, 9.17) is 18.5 Å². The van der Waals surface area contributed by atoms with Crippen LogP contribution in [0.4, 0.5) is 0 Å². The molecule has 0 radical (unpaired) electrons. The molecule has 0 fully saturated rings.